The van der Waals surface area contributed by atoms with E-state index in [1.807, 2.05) is 21.1 Å². The van der Waals surface area contributed by atoms with Crippen LogP contribution in [0.25, 0.3) is 0 Å². The Hall–Kier alpha value is -2.29. The van der Waals surface area contributed by atoms with Gasteiger partial charge in [0.05, 0.1) is 27.7 Å². The lowest BCUT2D eigenvalue weighted by Crippen LogP contribution is -2.37. The number of phosphoric ester groups is 1. The smallest absolute Gasteiger partial charge is 0.462 e. The summed E-state index contributed by atoms with van der Waals surface area (Å²) in [7, 11) is 1.44. The first-order valence-corrected chi connectivity index (χ1v) is 21.5. The molecule has 300 valence electrons. The molecule has 0 aromatic carbocycles. The van der Waals surface area contributed by atoms with E-state index in [2.05, 4.69) is 74.6 Å². The Balaban J connectivity index is 4.51. The van der Waals surface area contributed by atoms with Crippen LogP contribution in [-0.2, 0) is 32.7 Å². The minimum Gasteiger partial charge on any atom is -0.462 e. The maximum Gasteiger partial charge on any atom is 0.472 e. The molecule has 0 amide bonds. The van der Waals surface area contributed by atoms with Gasteiger partial charge in [-0.1, -0.05) is 139 Å². The van der Waals surface area contributed by atoms with Gasteiger partial charge in [0.25, 0.3) is 0 Å². The van der Waals surface area contributed by atoms with Gasteiger partial charge in [-0.25, -0.2) is 4.57 Å². The van der Waals surface area contributed by atoms with Gasteiger partial charge in [0, 0.05) is 12.8 Å². The summed E-state index contributed by atoms with van der Waals surface area (Å²) >= 11 is 0. The highest BCUT2D eigenvalue weighted by molar-refractivity contribution is 7.47. The average Bonchev–Trinajstić information content (AvgIpc) is 3.09. The monoisotopic (exact) mass is 753 g/mol. The number of carbonyl (C=O) groups excluding carboxylic acids is 2. The number of unbranched alkanes of at least 4 members (excludes halogenated alkanes) is 11. The standard InChI is InChI=1S/C42H74NO8P/c1-6-8-10-12-14-16-18-19-20-21-22-23-25-26-28-30-32-34-41(44)48-38-40(39-50-52(46,47)49-37-36-43(3,4)5)51-42(45)35-33-31-29-27-24-17-15-13-11-9-7-2/h8,10,14,16,19-20,22-23,26,28,40H,6-7,9,11-13,15,17-18,21,24-25,27,29-39H2,1-5H3/p+1/b10-8-,16-14-,20-19-,23-22-,28-26-/t40-/m1/s1. The maximum absolute atomic E-state index is 12.6. The first-order chi connectivity index (χ1) is 25.0. The Morgan fingerprint density at radius 1 is 0.615 bits per heavy atom. The molecule has 1 unspecified atom stereocenters. The summed E-state index contributed by atoms with van der Waals surface area (Å²) < 4.78 is 34.1. The van der Waals surface area contributed by atoms with Crippen LogP contribution in [0.2, 0.25) is 0 Å². The van der Waals surface area contributed by atoms with Gasteiger partial charge in [0.15, 0.2) is 6.10 Å². The van der Waals surface area contributed by atoms with Gasteiger partial charge in [-0.05, 0) is 51.4 Å². The number of carbonyl (C=O) groups is 2. The van der Waals surface area contributed by atoms with Crippen LogP contribution in [0.4, 0.5) is 0 Å². The molecule has 0 rings (SSSR count). The largest absolute Gasteiger partial charge is 0.472 e. The van der Waals surface area contributed by atoms with Gasteiger partial charge >= 0.3 is 19.8 Å². The zero-order chi connectivity index (χ0) is 38.6. The number of esters is 2. The first-order valence-electron chi connectivity index (χ1n) is 20.0. The molecule has 0 saturated carbocycles. The van der Waals surface area contributed by atoms with E-state index >= 15 is 0 Å². The maximum atomic E-state index is 12.6. The van der Waals surface area contributed by atoms with E-state index in [1.165, 1.54) is 44.9 Å². The third-order valence-electron chi connectivity index (χ3n) is 8.06. The van der Waals surface area contributed by atoms with Crippen molar-refractivity contribution in [2.75, 3.05) is 47.5 Å². The molecule has 0 aromatic rings. The van der Waals surface area contributed by atoms with Crippen molar-refractivity contribution in [3.05, 3.63) is 60.8 Å². The van der Waals surface area contributed by atoms with Gasteiger partial charge in [0.2, 0.25) is 0 Å². The van der Waals surface area contributed by atoms with Gasteiger partial charge in [0.1, 0.15) is 19.8 Å². The molecule has 0 bridgehead atoms. The lowest BCUT2D eigenvalue weighted by molar-refractivity contribution is -0.870. The molecule has 0 radical (unpaired) electrons. The van der Waals surface area contributed by atoms with Crippen molar-refractivity contribution in [1.29, 1.82) is 0 Å². The fourth-order valence-corrected chi connectivity index (χ4v) is 5.67. The van der Waals surface area contributed by atoms with E-state index in [1.54, 1.807) is 0 Å². The lowest BCUT2D eigenvalue weighted by Gasteiger charge is -2.24. The highest BCUT2D eigenvalue weighted by Crippen LogP contribution is 2.43. The Bertz CT molecular complexity index is 1080. The molecule has 9 nitrogen and oxygen atoms in total. The van der Waals surface area contributed by atoms with Crippen LogP contribution in [0, 0.1) is 0 Å². The Morgan fingerprint density at radius 3 is 1.62 bits per heavy atom. The number of hydrogen-bond donors (Lipinski definition) is 1. The quantitative estimate of drug-likeness (QED) is 0.0224. The van der Waals surface area contributed by atoms with Crippen LogP contribution in [-0.4, -0.2) is 74.9 Å². The number of allylic oxidation sites excluding steroid dienone is 10. The molecule has 1 N–H and O–H groups in total. The molecule has 0 fully saturated rings. The zero-order valence-corrected chi connectivity index (χ0v) is 34.4. The summed E-state index contributed by atoms with van der Waals surface area (Å²) in [5, 5.41) is 0. The number of phosphoric acid groups is 1. The topological polar surface area (TPSA) is 108 Å². The molecule has 0 aliphatic rings. The minimum absolute atomic E-state index is 0.0213. The van der Waals surface area contributed by atoms with Gasteiger partial charge < -0.3 is 18.9 Å². The molecular weight excluding hydrogens is 677 g/mol. The van der Waals surface area contributed by atoms with Crippen molar-refractivity contribution in [2.24, 2.45) is 0 Å². The van der Waals surface area contributed by atoms with Gasteiger partial charge in [-0.2, -0.15) is 0 Å². The van der Waals surface area contributed by atoms with E-state index in [0.717, 1.165) is 57.8 Å². The fourth-order valence-electron chi connectivity index (χ4n) is 4.93. The summed E-state index contributed by atoms with van der Waals surface area (Å²) in [5.41, 5.74) is 0. The molecule has 0 spiro atoms. The van der Waals surface area contributed by atoms with E-state index < -0.39 is 32.5 Å². The van der Waals surface area contributed by atoms with Crippen molar-refractivity contribution in [3.8, 4) is 0 Å². The van der Waals surface area contributed by atoms with Crippen LogP contribution in [0.5, 0.6) is 0 Å². The molecule has 0 saturated heterocycles. The van der Waals surface area contributed by atoms with Crippen molar-refractivity contribution >= 4 is 19.8 Å². The average molecular weight is 753 g/mol. The van der Waals surface area contributed by atoms with Crippen LogP contribution in [0.3, 0.4) is 0 Å². The second kappa shape index (κ2) is 34.5. The molecule has 0 aliphatic heterocycles. The van der Waals surface area contributed by atoms with Crippen molar-refractivity contribution < 1.29 is 42.1 Å². The third-order valence-corrected chi connectivity index (χ3v) is 9.05. The Labute approximate surface area is 317 Å². The zero-order valence-electron chi connectivity index (χ0n) is 33.5. The van der Waals surface area contributed by atoms with Crippen LogP contribution in [0.15, 0.2) is 60.8 Å². The lowest BCUT2D eigenvalue weighted by atomic mass is 10.1. The summed E-state index contributed by atoms with van der Waals surface area (Å²) in [5.74, 6) is -0.872. The van der Waals surface area contributed by atoms with E-state index in [9.17, 15) is 19.0 Å². The number of quaternary nitrogens is 1. The molecule has 52 heavy (non-hydrogen) atoms. The highest BCUT2D eigenvalue weighted by Gasteiger charge is 2.27. The first kappa shape index (κ1) is 49.7. The highest BCUT2D eigenvalue weighted by atomic mass is 31.2. The van der Waals surface area contributed by atoms with Crippen LogP contribution >= 0.6 is 7.82 Å². The number of likely N-dealkylation sites (N-methyl/N-ethyl adjacent to an activating group) is 1. The molecule has 10 heteroatoms. The normalized spacial score (nSPS) is 14.3. The van der Waals surface area contributed by atoms with Crippen molar-refractivity contribution in [2.45, 2.75) is 148 Å². The summed E-state index contributed by atoms with van der Waals surface area (Å²) in [6.07, 6.45) is 39.9. The summed E-state index contributed by atoms with van der Waals surface area (Å²) in [6, 6.07) is 0. The van der Waals surface area contributed by atoms with Crippen molar-refractivity contribution in [3.63, 3.8) is 0 Å². The second-order valence-corrected chi connectivity index (χ2v) is 15.7. The molecule has 0 heterocycles. The fraction of sp³-hybridized carbons (Fsp3) is 0.714. The molecule has 2 atom stereocenters. The van der Waals surface area contributed by atoms with Crippen molar-refractivity contribution in [1.82, 2.24) is 0 Å². The summed E-state index contributed by atoms with van der Waals surface area (Å²) in [4.78, 5) is 35.2. The molecule has 0 aliphatic carbocycles. The van der Waals surface area contributed by atoms with E-state index in [-0.39, 0.29) is 26.1 Å². The minimum atomic E-state index is -4.38. The van der Waals surface area contributed by atoms with Crippen LogP contribution in [0.1, 0.15) is 142 Å². The van der Waals surface area contributed by atoms with E-state index in [0.29, 0.717) is 23.9 Å². The van der Waals surface area contributed by atoms with E-state index in [4.69, 9.17) is 18.5 Å². The molecule has 0 aromatic heterocycles. The Morgan fingerprint density at radius 2 is 1.10 bits per heavy atom. The Kier molecular flexibility index (Phi) is 33.0. The predicted octanol–water partition coefficient (Wildman–Crippen LogP) is 10.9. The number of rotatable bonds is 35. The van der Waals surface area contributed by atoms with Gasteiger partial charge in [-0.3, -0.25) is 18.6 Å². The second-order valence-electron chi connectivity index (χ2n) is 14.3. The molecular formula is C42H75NO8P+. The SMILES string of the molecule is CC/C=C\C/C=C\C/C=C\C/C=C\C/C=C\CCCC(=O)OC[C@H](COP(=O)(O)OCC[N+](C)(C)C)OC(=O)CCCCCCCCCCCCC. The van der Waals surface area contributed by atoms with Gasteiger partial charge in [-0.15, -0.1) is 0 Å². The number of hydrogen-bond acceptors (Lipinski definition) is 7. The third kappa shape index (κ3) is 37.5. The number of nitrogens with zero attached hydrogens (tertiary/aromatic N) is 1. The van der Waals surface area contributed by atoms with Crippen LogP contribution < -0.4 is 0 Å². The summed E-state index contributed by atoms with van der Waals surface area (Å²) in [6.45, 7) is 4.21. The predicted molar refractivity (Wildman–Crippen MR) is 215 cm³/mol. The number of ether oxygens (including phenoxy) is 2.